The molecule has 2 atom stereocenters. The van der Waals surface area contributed by atoms with E-state index in [1.165, 1.54) is 89.9 Å². The zero-order valence-corrected chi connectivity index (χ0v) is 39.8. The van der Waals surface area contributed by atoms with E-state index in [-0.39, 0.29) is 26.1 Å². The fourth-order valence-electron chi connectivity index (χ4n) is 5.99. The SMILES string of the molecule is CCCCC/C=C/C/C=C/C/C=C/C/C=C/C/C=C/CCC(=O)OC[C@H](COP(=O)(O)OCC[N+](C)(C)C)OC(=O)CCCCCCCCC/C=C/CCCCCCCC. The lowest BCUT2D eigenvalue weighted by molar-refractivity contribution is -0.870. The molecule has 1 unspecified atom stereocenters. The van der Waals surface area contributed by atoms with Gasteiger partial charge in [0.2, 0.25) is 0 Å². The summed E-state index contributed by atoms with van der Waals surface area (Å²) in [6, 6.07) is 0. The summed E-state index contributed by atoms with van der Waals surface area (Å²) in [5.41, 5.74) is 0. The third-order valence-electron chi connectivity index (χ3n) is 9.72. The molecule has 9 nitrogen and oxygen atoms in total. The Bertz CT molecular complexity index is 1250. The van der Waals surface area contributed by atoms with Gasteiger partial charge in [0, 0.05) is 12.8 Å². The van der Waals surface area contributed by atoms with E-state index in [0.717, 1.165) is 51.4 Å². The van der Waals surface area contributed by atoms with Crippen LogP contribution in [-0.4, -0.2) is 74.9 Å². The van der Waals surface area contributed by atoms with Gasteiger partial charge in [0.15, 0.2) is 6.10 Å². The summed E-state index contributed by atoms with van der Waals surface area (Å²) >= 11 is 0. The Hall–Kier alpha value is -2.55. The van der Waals surface area contributed by atoms with Crippen LogP contribution < -0.4 is 0 Å². The molecule has 0 aromatic heterocycles. The minimum Gasteiger partial charge on any atom is -0.462 e. The minimum atomic E-state index is -4.40. The number of hydrogen-bond donors (Lipinski definition) is 1. The first kappa shape index (κ1) is 57.4. The maximum absolute atomic E-state index is 12.7. The molecule has 0 heterocycles. The molecule has 0 spiro atoms. The molecular formula is C50H89NO8P+. The number of unbranched alkanes of at least 4 members (excludes halogenated alkanes) is 16. The second-order valence-electron chi connectivity index (χ2n) is 16.8. The van der Waals surface area contributed by atoms with E-state index < -0.39 is 32.5 Å². The fraction of sp³-hybridized carbons (Fsp3) is 0.720. The number of carbonyl (C=O) groups excluding carboxylic acids is 2. The first-order chi connectivity index (χ1) is 29.0. The van der Waals surface area contributed by atoms with Gasteiger partial charge in [-0.2, -0.15) is 0 Å². The molecule has 0 saturated heterocycles. The van der Waals surface area contributed by atoms with E-state index in [2.05, 4.69) is 74.6 Å². The van der Waals surface area contributed by atoms with Crippen LogP contribution in [0.2, 0.25) is 0 Å². The number of hydrogen-bond acceptors (Lipinski definition) is 7. The van der Waals surface area contributed by atoms with Gasteiger partial charge in [-0.05, 0) is 77.0 Å². The molecule has 0 aromatic rings. The van der Waals surface area contributed by atoms with Crippen LogP contribution in [0.15, 0.2) is 72.9 Å². The molecule has 0 radical (unpaired) electrons. The molecule has 0 aliphatic heterocycles. The monoisotopic (exact) mass is 863 g/mol. The average Bonchev–Trinajstić information content (AvgIpc) is 3.20. The summed E-state index contributed by atoms with van der Waals surface area (Å²) in [7, 11) is 1.43. The van der Waals surface area contributed by atoms with Crippen LogP contribution in [0, 0.1) is 0 Å². The maximum atomic E-state index is 12.7. The summed E-state index contributed by atoms with van der Waals surface area (Å²) in [5.74, 6) is -0.903. The molecule has 0 rings (SSSR count). The van der Waals surface area contributed by atoms with Crippen LogP contribution in [0.5, 0.6) is 0 Å². The molecule has 346 valence electrons. The number of carbonyl (C=O) groups is 2. The Morgan fingerprint density at radius 2 is 0.933 bits per heavy atom. The number of rotatable bonds is 42. The standard InChI is InChI=1S/C50H88NO8P/c1-6-8-10-12-14-16-18-20-22-24-25-27-28-30-32-34-36-38-40-42-49(52)56-46-48(47-58-60(54,55)57-45-44-51(3,4)5)59-50(53)43-41-39-37-35-33-31-29-26-23-21-19-17-15-13-11-9-7-2/h14,16,20-23,25,27,30,32,36,38,48H,6-13,15,17-19,24,26,28-29,31,33-35,37,39-47H2,1-5H3/p+1/b16-14+,22-20+,23-21+,27-25+,32-30+,38-36+/t48-/m1/s1. The highest BCUT2D eigenvalue weighted by Gasteiger charge is 2.27. The van der Waals surface area contributed by atoms with E-state index >= 15 is 0 Å². The van der Waals surface area contributed by atoms with Gasteiger partial charge in [-0.15, -0.1) is 0 Å². The van der Waals surface area contributed by atoms with Crippen molar-refractivity contribution in [2.45, 2.75) is 187 Å². The first-order valence-electron chi connectivity index (χ1n) is 23.7. The Kier molecular flexibility index (Phi) is 40.0. The summed E-state index contributed by atoms with van der Waals surface area (Å²) in [6.07, 6.45) is 52.5. The fourth-order valence-corrected chi connectivity index (χ4v) is 6.73. The van der Waals surface area contributed by atoms with Crippen molar-refractivity contribution in [3.63, 3.8) is 0 Å². The minimum absolute atomic E-state index is 0.0169. The summed E-state index contributed by atoms with van der Waals surface area (Å²) in [4.78, 5) is 35.4. The van der Waals surface area contributed by atoms with Crippen LogP contribution in [0.3, 0.4) is 0 Å². The molecule has 0 aromatic carbocycles. The Morgan fingerprint density at radius 1 is 0.517 bits per heavy atom. The van der Waals surface area contributed by atoms with E-state index in [0.29, 0.717) is 23.9 Å². The third-order valence-corrected chi connectivity index (χ3v) is 10.7. The molecular weight excluding hydrogens is 774 g/mol. The van der Waals surface area contributed by atoms with Gasteiger partial charge in [0.1, 0.15) is 19.8 Å². The van der Waals surface area contributed by atoms with Crippen molar-refractivity contribution < 1.29 is 42.1 Å². The Labute approximate surface area is 368 Å². The maximum Gasteiger partial charge on any atom is 0.472 e. The van der Waals surface area contributed by atoms with E-state index in [1.54, 1.807) is 0 Å². The highest BCUT2D eigenvalue weighted by Crippen LogP contribution is 2.43. The van der Waals surface area contributed by atoms with Gasteiger partial charge in [0.05, 0.1) is 27.7 Å². The lowest BCUT2D eigenvalue weighted by atomic mass is 10.1. The largest absolute Gasteiger partial charge is 0.472 e. The van der Waals surface area contributed by atoms with Gasteiger partial charge >= 0.3 is 19.8 Å². The zero-order valence-electron chi connectivity index (χ0n) is 38.9. The molecule has 10 heteroatoms. The van der Waals surface area contributed by atoms with Crippen molar-refractivity contribution in [3.05, 3.63) is 72.9 Å². The summed E-state index contributed by atoms with van der Waals surface area (Å²) in [6.45, 7) is 4.30. The van der Waals surface area contributed by atoms with E-state index in [4.69, 9.17) is 18.5 Å². The summed E-state index contributed by atoms with van der Waals surface area (Å²) in [5, 5.41) is 0. The van der Waals surface area contributed by atoms with Crippen LogP contribution >= 0.6 is 7.82 Å². The number of allylic oxidation sites excluding steroid dienone is 12. The van der Waals surface area contributed by atoms with Gasteiger partial charge < -0.3 is 18.9 Å². The molecule has 0 fully saturated rings. The van der Waals surface area contributed by atoms with Crippen LogP contribution in [0.25, 0.3) is 0 Å². The molecule has 0 bridgehead atoms. The lowest BCUT2D eigenvalue weighted by Gasteiger charge is -2.24. The van der Waals surface area contributed by atoms with Crippen molar-refractivity contribution in [2.75, 3.05) is 47.5 Å². The van der Waals surface area contributed by atoms with Crippen molar-refractivity contribution in [1.29, 1.82) is 0 Å². The molecule has 0 saturated carbocycles. The topological polar surface area (TPSA) is 108 Å². The third kappa shape index (κ3) is 45.0. The van der Waals surface area contributed by atoms with Crippen LogP contribution in [0.1, 0.15) is 181 Å². The number of likely N-dealkylation sites (N-methyl/N-ethyl adjacent to an activating group) is 1. The molecule has 0 aliphatic carbocycles. The first-order valence-corrected chi connectivity index (χ1v) is 25.2. The number of phosphoric ester groups is 1. The second kappa shape index (κ2) is 41.8. The van der Waals surface area contributed by atoms with Crippen molar-refractivity contribution >= 4 is 19.8 Å². The highest BCUT2D eigenvalue weighted by atomic mass is 31.2. The van der Waals surface area contributed by atoms with E-state index in [1.807, 2.05) is 33.3 Å². The molecule has 0 aliphatic rings. The van der Waals surface area contributed by atoms with Gasteiger partial charge in [-0.1, -0.05) is 164 Å². The Balaban J connectivity index is 4.45. The number of ether oxygens (including phenoxy) is 2. The number of quaternary nitrogens is 1. The van der Waals surface area contributed by atoms with E-state index in [9.17, 15) is 19.0 Å². The number of esters is 2. The van der Waals surface area contributed by atoms with Gasteiger partial charge in [0.25, 0.3) is 0 Å². The highest BCUT2D eigenvalue weighted by molar-refractivity contribution is 7.47. The Morgan fingerprint density at radius 3 is 1.45 bits per heavy atom. The van der Waals surface area contributed by atoms with Crippen LogP contribution in [0.4, 0.5) is 0 Å². The predicted molar refractivity (Wildman–Crippen MR) is 252 cm³/mol. The molecule has 60 heavy (non-hydrogen) atoms. The van der Waals surface area contributed by atoms with Gasteiger partial charge in [-0.3, -0.25) is 18.6 Å². The molecule has 1 N–H and O–H groups in total. The van der Waals surface area contributed by atoms with Crippen molar-refractivity contribution in [3.8, 4) is 0 Å². The number of phosphoric acid groups is 1. The molecule has 0 amide bonds. The zero-order chi connectivity index (χ0) is 44.3. The van der Waals surface area contributed by atoms with Crippen molar-refractivity contribution in [1.82, 2.24) is 0 Å². The predicted octanol–water partition coefficient (Wildman–Crippen LogP) is 13.8. The normalized spacial score (nSPS) is 14.2. The average molecular weight is 863 g/mol. The summed E-state index contributed by atoms with van der Waals surface area (Å²) < 4.78 is 34.3. The quantitative estimate of drug-likeness (QED) is 0.0212. The lowest BCUT2D eigenvalue weighted by Crippen LogP contribution is -2.37. The number of nitrogens with zero attached hydrogens (tertiary/aromatic N) is 1. The van der Waals surface area contributed by atoms with Crippen LogP contribution in [-0.2, 0) is 32.7 Å². The van der Waals surface area contributed by atoms with Gasteiger partial charge in [-0.25, -0.2) is 4.57 Å². The second-order valence-corrected chi connectivity index (χ2v) is 18.2. The van der Waals surface area contributed by atoms with Crippen molar-refractivity contribution in [2.24, 2.45) is 0 Å². The smallest absolute Gasteiger partial charge is 0.462 e.